The summed E-state index contributed by atoms with van der Waals surface area (Å²) in [5.41, 5.74) is 0.615. The van der Waals surface area contributed by atoms with Gasteiger partial charge in [0, 0.05) is 18.4 Å². The monoisotopic (exact) mass is 347 g/mol. The van der Waals surface area contributed by atoms with E-state index in [9.17, 15) is 9.59 Å². The number of anilines is 1. The third kappa shape index (κ3) is 4.41. The normalized spacial score (nSPS) is 19.4. The third-order valence-corrected chi connectivity index (χ3v) is 4.87. The molecule has 1 aromatic carbocycles. The molecule has 0 aromatic heterocycles. The number of hydrogen-bond donors (Lipinski definition) is 1. The Morgan fingerprint density at radius 3 is 2.08 bits per heavy atom. The van der Waals surface area contributed by atoms with E-state index in [-0.39, 0.29) is 24.1 Å². The van der Waals surface area contributed by atoms with E-state index in [2.05, 4.69) is 5.32 Å². The molecule has 136 valence electrons. The van der Waals surface area contributed by atoms with E-state index in [0.717, 1.165) is 5.56 Å². The van der Waals surface area contributed by atoms with Gasteiger partial charge >= 0.3 is 13.1 Å². The molecule has 7 heteroatoms. The number of nitrogens with one attached hydrogen (secondary N) is 1. The number of carbonyl (C=O) groups is 2. The summed E-state index contributed by atoms with van der Waals surface area (Å²) in [7, 11) is 0.805. The number of amides is 1. The maximum atomic E-state index is 11.9. The number of benzene rings is 1. The summed E-state index contributed by atoms with van der Waals surface area (Å²) in [6.07, 6.45) is 0.146. The lowest BCUT2D eigenvalue weighted by Crippen LogP contribution is -2.41. The number of ether oxygens (including phenoxy) is 1. The highest BCUT2D eigenvalue weighted by Gasteiger charge is 2.54. The molecule has 1 aliphatic rings. The summed E-state index contributed by atoms with van der Waals surface area (Å²) < 4.78 is 17.1. The van der Waals surface area contributed by atoms with Crippen LogP contribution in [0.3, 0.4) is 0 Å². The molecular weight excluding hydrogens is 321 g/mol. The Morgan fingerprint density at radius 1 is 1.12 bits per heavy atom. The first-order chi connectivity index (χ1) is 11.6. The topological polar surface area (TPSA) is 73.9 Å². The first kappa shape index (κ1) is 19.5. The van der Waals surface area contributed by atoms with Gasteiger partial charge in [-0.05, 0) is 45.4 Å². The number of esters is 1. The number of methoxy groups -OCH3 is 1. The molecule has 1 heterocycles. The van der Waals surface area contributed by atoms with Crippen molar-refractivity contribution in [1.29, 1.82) is 0 Å². The van der Waals surface area contributed by atoms with Crippen LogP contribution in [0.1, 0.15) is 52.4 Å². The fourth-order valence-corrected chi connectivity index (χ4v) is 2.70. The molecule has 1 aliphatic heterocycles. The van der Waals surface area contributed by atoms with Crippen LogP contribution in [-0.2, 0) is 23.6 Å². The zero-order valence-corrected chi connectivity index (χ0v) is 15.7. The quantitative estimate of drug-likeness (QED) is 0.655. The average Bonchev–Trinajstić information content (AvgIpc) is 2.73. The van der Waals surface area contributed by atoms with Crippen LogP contribution in [0.4, 0.5) is 5.69 Å². The third-order valence-electron chi connectivity index (χ3n) is 4.87. The van der Waals surface area contributed by atoms with Gasteiger partial charge in [-0.3, -0.25) is 9.59 Å². The Balaban J connectivity index is 2.28. The zero-order chi connectivity index (χ0) is 18.8. The molecule has 1 fully saturated rings. The van der Waals surface area contributed by atoms with Crippen LogP contribution in [0.15, 0.2) is 24.3 Å². The van der Waals surface area contributed by atoms with E-state index >= 15 is 0 Å². The van der Waals surface area contributed by atoms with E-state index < -0.39 is 18.3 Å². The number of carbonyl (C=O) groups excluding carboxylic acids is 2. The van der Waals surface area contributed by atoms with Crippen LogP contribution in [0.2, 0.25) is 0 Å². The second-order valence-electron chi connectivity index (χ2n) is 7.31. The second-order valence-corrected chi connectivity index (χ2v) is 7.31. The highest BCUT2D eigenvalue weighted by molar-refractivity contribution is 6.48. The maximum Gasteiger partial charge on any atom is 0.466 e. The molecule has 1 amide bonds. The predicted octanol–water partition coefficient (Wildman–Crippen LogP) is 2.92. The second kappa shape index (κ2) is 7.18. The van der Waals surface area contributed by atoms with E-state index in [1.54, 1.807) is 12.1 Å². The summed E-state index contributed by atoms with van der Waals surface area (Å²) in [5.74, 6) is -0.768. The molecular formula is C18H26BNO5. The van der Waals surface area contributed by atoms with E-state index in [0.29, 0.717) is 5.69 Å². The predicted molar refractivity (Wildman–Crippen MR) is 96.2 cm³/mol. The van der Waals surface area contributed by atoms with Crippen LogP contribution >= 0.6 is 0 Å². The average molecular weight is 347 g/mol. The minimum Gasteiger partial charge on any atom is -0.469 e. The van der Waals surface area contributed by atoms with Crippen molar-refractivity contribution in [3.63, 3.8) is 0 Å². The summed E-state index contributed by atoms with van der Waals surface area (Å²) >= 11 is 0. The zero-order valence-electron chi connectivity index (χ0n) is 15.7. The van der Waals surface area contributed by atoms with Gasteiger partial charge in [0.15, 0.2) is 0 Å². The molecule has 6 nitrogen and oxygen atoms in total. The molecule has 0 radical (unpaired) electrons. The van der Waals surface area contributed by atoms with Crippen LogP contribution in [0.25, 0.3) is 0 Å². The molecule has 1 unspecified atom stereocenters. The number of hydrogen-bond acceptors (Lipinski definition) is 5. The van der Waals surface area contributed by atoms with Gasteiger partial charge in [0.25, 0.3) is 0 Å². The van der Waals surface area contributed by atoms with Gasteiger partial charge in [-0.15, -0.1) is 0 Å². The van der Waals surface area contributed by atoms with Crippen molar-refractivity contribution in [3.8, 4) is 0 Å². The number of rotatable bonds is 5. The molecule has 1 saturated heterocycles. The van der Waals surface area contributed by atoms with Crippen molar-refractivity contribution in [3.05, 3.63) is 29.8 Å². The highest BCUT2D eigenvalue weighted by atomic mass is 16.7. The maximum absolute atomic E-state index is 11.9. The first-order valence-electron chi connectivity index (χ1n) is 8.36. The Labute approximate surface area is 149 Å². The summed E-state index contributed by atoms with van der Waals surface area (Å²) in [6, 6.07) is 7.33. The van der Waals surface area contributed by atoms with Crippen molar-refractivity contribution >= 4 is 24.7 Å². The molecule has 25 heavy (non-hydrogen) atoms. The van der Waals surface area contributed by atoms with Crippen molar-refractivity contribution in [2.45, 2.75) is 58.1 Å². The molecule has 0 saturated carbocycles. The van der Waals surface area contributed by atoms with Crippen LogP contribution < -0.4 is 5.32 Å². The van der Waals surface area contributed by atoms with Crippen molar-refractivity contribution in [1.82, 2.24) is 0 Å². The highest BCUT2D eigenvalue weighted by Crippen LogP contribution is 2.41. The molecule has 1 atom stereocenters. The Bertz CT molecular complexity index is 625. The Hall–Kier alpha value is -1.86. The van der Waals surface area contributed by atoms with Gasteiger partial charge in [-0.25, -0.2) is 0 Å². The molecule has 1 aromatic rings. The fourth-order valence-electron chi connectivity index (χ4n) is 2.70. The standard InChI is InChI=1S/C18H26BNO5/c1-12(21)20-14-9-7-13(8-10-14)15(11-16(22)23-6)19-24-17(2,3)18(4,5)25-19/h7-10,15H,11H2,1-6H3,(H,20,21). The van der Waals surface area contributed by atoms with Crippen molar-refractivity contribution in [2.24, 2.45) is 0 Å². The molecule has 0 spiro atoms. The molecule has 1 N–H and O–H groups in total. The molecule has 0 bridgehead atoms. The van der Waals surface area contributed by atoms with Gasteiger partial charge in [0.2, 0.25) is 5.91 Å². The first-order valence-corrected chi connectivity index (χ1v) is 8.36. The van der Waals surface area contributed by atoms with Gasteiger partial charge in [-0.2, -0.15) is 0 Å². The van der Waals surface area contributed by atoms with Crippen LogP contribution in [-0.4, -0.2) is 37.3 Å². The molecule has 2 rings (SSSR count). The van der Waals surface area contributed by atoms with E-state index in [1.807, 2.05) is 39.8 Å². The largest absolute Gasteiger partial charge is 0.469 e. The lowest BCUT2D eigenvalue weighted by Gasteiger charge is -2.32. The van der Waals surface area contributed by atoms with Gasteiger partial charge in [0.1, 0.15) is 0 Å². The lowest BCUT2D eigenvalue weighted by molar-refractivity contribution is -0.140. The van der Waals surface area contributed by atoms with E-state index in [4.69, 9.17) is 14.0 Å². The fraction of sp³-hybridized carbons (Fsp3) is 0.556. The van der Waals surface area contributed by atoms with Gasteiger partial charge in [-0.1, -0.05) is 12.1 Å². The molecule has 0 aliphatic carbocycles. The van der Waals surface area contributed by atoms with Crippen molar-refractivity contribution < 1.29 is 23.6 Å². The Kier molecular flexibility index (Phi) is 5.59. The van der Waals surface area contributed by atoms with Crippen molar-refractivity contribution in [2.75, 3.05) is 12.4 Å². The summed E-state index contributed by atoms with van der Waals surface area (Å²) in [6.45, 7) is 9.35. The summed E-state index contributed by atoms with van der Waals surface area (Å²) in [4.78, 5) is 23.1. The minimum absolute atomic E-state index is 0.134. The van der Waals surface area contributed by atoms with Crippen LogP contribution in [0.5, 0.6) is 0 Å². The smallest absolute Gasteiger partial charge is 0.466 e. The van der Waals surface area contributed by atoms with E-state index in [1.165, 1.54) is 14.0 Å². The minimum atomic E-state index is -0.560. The Morgan fingerprint density at radius 2 is 1.64 bits per heavy atom. The SMILES string of the molecule is COC(=O)CC(B1OC(C)(C)C(C)(C)O1)c1ccc(NC(C)=O)cc1. The van der Waals surface area contributed by atoms with Gasteiger partial charge < -0.3 is 19.4 Å². The van der Waals surface area contributed by atoms with Crippen LogP contribution in [0, 0.1) is 0 Å². The van der Waals surface area contributed by atoms with Gasteiger partial charge in [0.05, 0.1) is 24.7 Å². The lowest BCUT2D eigenvalue weighted by atomic mass is 9.66. The summed E-state index contributed by atoms with van der Waals surface area (Å²) in [5, 5.41) is 2.73.